The van der Waals surface area contributed by atoms with Gasteiger partial charge >= 0.3 is 22.7 Å². The normalized spacial score (nSPS) is 6.00. The molecule has 6 heavy (non-hydrogen) atoms. The van der Waals surface area contributed by atoms with Crippen molar-refractivity contribution >= 4 is 0 Å². The third kappa shape index (κ3) is 293. The number of rotatable bonds is 0. The van der Waals surface area contributed by atoms with E-state index in [2.05, 4.69) is 0 Å². The van der Waals surface area contributed by atoms with Gasteiger partial charge in [-0.1, -0.05) is 0 Å². The summed E-state index contributed by atoms with van der Waals surface area (Å²) in [6.45, 7) is 0. The molecule has 2 N–H and O–H groups in total. The fourth-order valence-corrected chi connectivity index (χ4v) is 0. The molecule has 0 aliphatic carbocycles. The summed E-state index contributed by atoms with van der Waals surface area (Å²) >= 11 is -0.333. The molecule has 0 spiro atoms. The van der Waals surface area contributed by atoms with Gasteiger partial charge in [0.05, 0.1) is 0 Å². The van der Waals surface area contributed by atoms with Gasteiger partial charge in [-0.05, 0) is 0 Å². The van der Waals surface area contributed by atoms with Crippen LogP contribution >= 0.6 is 0 Å². The van der Waals surface area contributed by atoms with Crippen LogP contribution in [0.15, 0.2) is 0 Å². The Kier molecular flexibility index (Phi) is 29.1. The molecule has 0 radical (unpaired) electrons. The Bertz CT molecular complexity index is 7.51. The van der Waals surface area contributed by atoms with E-state index in [0.29, 0.717) is 0 Å². The Morgan fingerprint density at radius 3 is 1.00 bits per heavy atom. The maximum absolute atomic E-state index is 8.35. The van der Waals surface area contributed by atoms with Crippen LogP contribution in [0.25, 0.3) is 0 Å². The molecule has 0 fully saturated rings. The van der Waals surface area contributed by atoms with E-state index in [-0.39, 0.29) is 22.7 Å². The van der Waals surface area contributed by atoms with Gasteiger partial charge in [0.1, 0.15) is 0 Å². The summed E-state index contributed by atoms with van der Waals surface area (Å²) < 4.78 is 30.4. The van der Waals surface area contributed by atoms with Crippen LogP contribution in [0.3, 0.4) is 0 Å². The molecule has 0 aromatic heterocycles. The lowest BCUT2D eigenvalue weighted by atomic mass is 15.9. The molecule has 0 heterocycles. The molecule has 6 heteroatoms. The van der Waals surface area contributed by atoms with Gasteiger partial charge in [0.25, 0.3) is 0 Å². The Morgan fingerprint density at radius 1 is 1.00 bits per heavy atom. The maximum Gasteiger partial charge on any atom is 0.327 e. The quantitative estimate of drug-likeness (QED) is 0.362. The molecule has 0 aromatic rings. The Morgan fingerprint density at radius 2 is 1.00 bits per heavy atom. The number of hydrogen-bond donors (Lipinski definition) is 2. The zero-order valence-corrected chi connectivity index (χ0v) is 3.98. The first-order valence-corrected chi connectivity index (χ1v) is 1.94. The summed E-state index contributed by atoms with van der Waals surface area (Å²) in [5.41, 5.74) is 0. The first kappa shape index (κ1) is 9.65. The molecule has 40 valence electrons. The zero-order chi connectivity index (χ0) is 5.41. The van der Waals surface area contributed by atoms with E-state index in [0.717, 1.165) is 0 Å². The largest absolute Gasteiger partial charge is 0.506 e. The van der Waals surface area contributed by atoms with Crippen molar-refractivity contribution in [2.75, 3.05) is 0 Å². The van der Waals surface area contributed by atoms with Gasteiger partial charge in [-0.2, -0.15) is 0 Å². The average Bonchev–Trinajstić information content (AvgIpc) is 1.39. The monoisotopic (exact) mass is 136 g/mol. The van der Waals surface area contributed by atoms with Crippen molar-refractivity contribution in [1.29, 1.82) is 0 Å². The topological polar surface area (TPSA) is 86.6 Å². The van der Waals surface area contributed by atoms with Gasteiger partial charge in [0, 0.05) is 0 Å². The minimum atomic E-state index is -0.167. The lowest BCUT2D eigenvalue weighted by molar-refractivity contribution is -1.27. The highest BCUT2D eigenvalue weighted by Crippen LogP contribution is 1.14. The summed E-state index contributed by atoms with van der Waals surface area (Å²) in [4.78, 5) is 0. The summed E-state index contributed by atoms with van der Waals surface area (Å²) in [7, 11) is 0. The Labute approximate surface area is 42.2 Å². The predicted molar refractivity (Wildman–Crippen MR) is 4.44 cm³/mol. The number of halogens is 2. The minimum Gasteiger partial charge on any atom is -0.506 e. The van der Waals surface area contributed by atoms with Crippen LogP contribution in [0.4, 0.5) is 0 Å². The molecular weight excluding hydrogens is 135 g/mol. The van der Waals surface area contributed by atoms with Crippen molar-refractivity contribution in [1.82, 2.24) is 0 Å². The maximum atomic E-state index is 8.35. The fraction of sp³-hybridized carbons (Fsp3) is 0. The van der Waals surface area contributed by atoms with Crippen LogP contribution in [0, 0.1) is 22.7 Å². The van der Waals surface area contributed by atoms with E-state index >= 15 is 0 Å². The third-order valence-electron chi connectivity index (χ3n) is 0. The van der Waals surface area contributed by atoms with E-state index in [1.807, 2.05) is 0 Å². The van der Waals surface area contributed by atoms with Crippen molar-refractivity contribution < 1.29 is 41.3 Å². The average molecular weight is 137 g/mol. The molecule has 0 bridgehead atoms. The molecule has 0 atom stereocenters. The van der Waals surface area contributed by atoms with Crippen LogP contribution in [-0.2, 0) is 0 Å². The second-order valence-electron chi connectivity index (χ2n) is 0.138. The van der Waals surface area contributed by atoms with Crippen LogP contribution < -0.4 is 9.32 Å². The molecule has 0 saturated heterocycles. The lowest BCUT2D eigenvalue weighted by Crippen LogP contribution is -1.94. The number of hydrogen-bond acceptors (Lipinski definition) is 4. The van der Waals surface area contributed by atoms with Gasteiger partial charge in [-0.15, -0.1) is 9.32 Å². The van der Waals surface area contributed by atoms with Crippen molar-refractivity contribution in [2.45, 2.75) is 0 Å². The van der Waals surface area contributed by atoms with Crippen molar-refractivity contribution in [3.05, 3.63) is 0 Å². The molecule has 4 nitrogen and oxygen atoms in total. The first-order chi connectivity index (χ1) is 2.83. The van der Waals surface area contributed by atoms with Crippen molar-refractivity contribution in [3.8, 4) is 0 Å². The van der Waals surface area contributed by atoms with E-state index in [1.165, 1.54) is 0 Å². The summed E-state index contributed by atoms with van der Waals surface area (Å²) in [5, 5.41) is 0. The smallest absolute Gasteiger partial charge is 0.327 e. The predicted octanol–water partition coefficient (Wildman–Crippen LogP) is -3.49. The van der Waals surface area contributed by atoms with E-state index in [4.69, 9.17) is 18.6 Å². The van der Waals surface area contributed by atoms with Gasteiger partial charge in [-0.25, -0.2) is 0 Å². The summed E-state index contributed by atoms with van der Waals surface area (Å²) in [5.74, 6) is 0. The van der Waals surface area contributed by atoms with Crippen LogP contribution in [0.2, 0.25) is 0 Å². The van der Waals surface area contributed by atoms with E-state index in [1.54, 1.807) is 0 Å². The minimum absolute atomic E-state index is 0.167. The first-order valence-electron chi connectivity index (χ1n) is 0.647. The standard InChI is InChI=1S/2ClHO2/c2*2-1-3/h2*2H. The second kappa shape index (κ2) is 18.1. The van der Waals surface area contributed by atoms with Gasteiger partial charge in [0.15, 0.2) is 0 Å². The fourth-order valence-electron chi connectivity index (χ4n) is 0. The molecule has 0 saturated carbocycles. The Balaban J connectivity index is 0. The highest BCUT2D eigenvalue weighted by molar-refractivity contribution is 1.71. The Hall–Kier alpha value is 0.420. The second-order valence-corrected chi connectivity index (χ2v) is 0.414. The van der Waals surface area contributed by atoms with Gasteiger partial charge in [-0.3, -0.25) is 0 Å². The van der Waals surface area contributed by atoms with Crippen LogP contribution in [0.1, 0.15) is 0 Å². The third-order valence-corrected chi connectivity index (χ3v) is 0. The summed E-state index contributed by atoms with van der Waals surface area (Å²) in [6, 6.07) is 0. The van der Waals surface area contributed by atoms with E-state index in [9.17, 15) is 0 Å². The van der Waals surface area contributed by atoms with Crippen molar-refractivity contribution in [2.24, 2.45) is 0 Å². The molecule has 0 aromatic carbocycles. The molecule has 0 unspecified atom stereocenters. The van der Waals surface area contributed by atoms with E-state index < -0.39 is 0 Å². The SMILES string of the molecule is [O-][Cl+]O.[O-][Cl+]O. The highest BCUT2D eigenvalue weighted by atomic mass is 35.6. The van der Waals surface area contributed by atoms with Crippen LogP contribution in [-0.4, -0.2) is 9.32 Å². The summed E-state index contributed by atoms with van der Waals surface area (Å²) in [6.07, 6.45) is 0. The highest BCUT2D eigenvalue weighted by Gasteiger charge is 1.47. The molecular formula is H2Cl2O4. The molecule has 0 rings (SSSR count). The molecule has 0 amide bonds. The molecule has 0 aliphatic heterocycles. The van der Waals surface area contributed by atoms with Gasteiger partial charge < -0.3 is 9.32 Å². The van der Waals surface area contributed by atoms with Crippen molar-refractivity contribution in [3.63, 3.8) is 0 Å². The van der Waals surface area contributed by atoms with Gasteiger partial charge in [0.2, 0.25) is 0 Å². The molecule has 0 aliphatic rings. The zero-order valence-electron chi connectivity index (χ0n) is 2.47. The lowest BCUT2D eigenvalue weighted by Gasteiger charge is -1.46. The van der Waals surface area contributed by atoms with Crippen LogP contribution in [0.5, 0.6) is 0 Å².